The number of fused-ring (bicyclic) bond motifs is 1. The molecule has 0 aliphatic heterocycles. The van der Waals surface area contributed by atoms with Gasteiger partial charge in [0.1, 0.15) is 18.0 Å². The normalized spacial score (nSPS) is 12.3. The van der Waals surface area contributed by atoms with Gasteiger partial charge in [-0.05, 0) is 30.7 Å². The Kier molecular flexibility index (Phi) is 3.29. The van der Waals surface area contributed by atoms with Gasteiger partial charge in [0.05, 0.1) is 5.52 Å². The van der Waals surface area contributed by atoms with Gasteiger partial charge in [-0.2, -0.15) is 0 Å². The van der Waals surface area contributed by atoms with E-state index in [9.17, 15) is 4.39 Å². The molecule has 1 heterocycles. The van der Waals surface area contributed by atoms with E-state index in [1.807, 2.05) is 37.3 Å². The van der Waals surface area contributed by atoms with Crippen molar-refractivity contribution in [1.82, 2.24) is 9.97 Å². The first-order valence-electron chi connectivity index (χ1n) is 6.46. The molecule has 0 saturated carbocycles. The number of rotatable bonds is 3. The van der Waals surface area contributed by atoms with Gasteiger partial charge in [-0.25, -0.2) is 14.4 Å². The van der Waals surface area contributed by atoms with Crippen LogP contribution in [0.1, 0.15) is 18.5 Å². The molecule has 1 N–H and O–H groups in total. The lowest BCUT2D eigenvalue weighted by Crippen LogP contribution is -2.08. The summed E-state index contributed by atoms with van der Waals surface area (Å²) in [5.41, 5.74) is 1.87. The quantitative estimate of drug-likeness (QED) is 0.781. The van der Waals surface area contributed by atoms with Crippen molar-refractivity contribution in [3.63, 3.8) is 0 Å². The smallest absolute Gasteiger partial charge is 0.137 e. The zero-order valence-electron chi connectivity index (χ0n) is 11.0. The first kappa shape index (κ1) is 12.5. The molecule has 3 nitrogen and oxygen atoms in total. The zero-order chi connectivity index (χ0) is 13.9. The summed E-state index contributed by atoms with van der Waals surface area (Å²) in [6.07, 6.45) is 1.49. The van der Waals surface area contributed by atoms with E-state index >= 15 is 0 Å². The topological polar surface area (TPSA) is 37.8 Å². The standard InChI is InChI=1S/C16H14FN3/c1-11(12-5-3-2-4-6-12)20-16-14-9-13(17)7-8-15(14)18-10-19-16/h2-11H,1H3,(H,18,19,20). The van der Waals surface area contributed by atoms with Gasteiger partial charge in [0.15, 0.2) is 0 Å². The van der Waals surface area contributed by atoms with Gasteiger partial charge in [-0.1, -0.05) is 30.3 Å². The Balaban J connectivity index is 1.97. The van der Waals surface area contributed by atoms with Crippen LogP contribution in [0.2, 0.25) is 0 Å². The van der Waals surface area contributed by atoms with E-state index in [1.165, 1.54) is 18.5 Å². The monoisotopic (exact) mass is 267 g/mol. The highest BCUT2D eigenvalue weighted by Crippen LogP contribution is 2.24. The van der Waals surface area contributed by atoms with Gasteiger partial charge in [0.25, 0.3) is 0 Å². The van der Waals surface area contributed by atoms with Crippen LogP contribution in [-0.4, -0.2) is 9.97 Å². The average molecular weight is 267 g/mol. The number of halogens is 1. The van der Waals surface area contributed by atoms with Crippen LogP contribution < -0.4 is 5.32 Å². The summed E-state index contributed by atoms with van der Waals surface area (Å²) in [5.74, 6) is 0.355. The molecule has 0 radical (unpaired) electrons. The Bertz CT molecular complexity index is 728. The molecule has 0 spiro atoms. The molecule has 4 heteroatoms. The minimum Gasteiger partial charge on any atom is -0.363 e. The van der Waals surface area contributed by atoms with Crippen molar-refractivity contribution in [3.8, 4) is 0 Å². The van der Waals surface area contributed by atoms with Crippen molar-refractivity contribution in [3.05, 3.63) is 66.2 Å². The summed E-state index contributed by atoms with van der Waals surface area (Å²) in [6, 6.07) is 14.6. The van der Waals surface area contributed by atoms with Crippen LogP contribution >= 0.6 is 0 Å². The third kappa shape index (κ3) is 2.45. The second-order valence-electron chi connectivity index (χ2n) is 4.66. The molecule has 0 aliphatic carbocycles. The summed E-state index contributed by atoms with van der Waals surface area (Å²) in [4.78, 5) is 8.37. The first-order valence-corrected chi connectivity index (χ1v) is 6.46. The minimum absolute atomic E-state index is 0.0811. The van der Waals surface area contributed by atoms with E-state index in [0.29, 0.717) is 11.2 Å². The molecule has 100 valence electrons. The van der Waals surface area contributed by atoms with Crippen molar-refractivity contribution in [1.29, 1.82) is 0 Å². The maximum absolute atomic E-state index is 13.4. The lowest BCUT2D eigenvalue weighted by Gasteiger charge is -2.16. The Morgan fingerprint density at radius 3 is 2.65 bits per heavy atom. The molecule has 2 aromatic carbocycles. The zero-order valence-corrected chi connectivity index (χ0v) is 11.0. The lowest BCUT2D eigenvalue weighted by atomic mass is 10.1. The number of nitrogens with one attached hydrogen (secondary N) is 1. The first-order chi connectivity index (χ1) is 9.74. The molecule has 3 aromatic rings. The predicted molar refractivity (Wildman–Crippen MR) is 78.0 cm³/mol. The molecule has 0 aliphatic rings. The molecule has 0 fully saturated rings. The molecule has 0 amide bonds. The van der Waals surface area contributed by atoms with Crippen LogP contribution in [0.5, 0.6) is 0 Å². The van der Waals surface area contributed by atoms with E-state index in [2.05, 4.69) is 15.3 Å². The summed E-state index contributed by atoms with van der Waals surface area (Å²) >= 11 is 0. The SMILES string of the molecule is CC(Nc1ncnc2ccc(F)cc12)c1ccccc1. The highest BCUT2D eigenvalue weighted by atomic mass is 19.1. The Labute approximate surface area is 116 Å². The van der Waals surface area contributed by atoms with Crippen LogP contribution in [-0.2, 0) is 0 Å². The van der Waals surface area contributed by atoms with Crippen LogP contribution in [0, 0.1) is 5.82 Å². The number of benzene rings is 2. The van der Waals surface area contributed by atoms with E-state index in [0.717, 1.165) is 11.1 Å². The van der Waals surface area contributed by atoms with Crippen molar-refractivity contribution < 1.29 is 4.39 Å². The molecular formula is C16H14FN3. The van der Waals surface area contributed by atoms with Crippen LogP contribution in [0.25, 0.3) is 10.9 Å². The molecule has 3 rings (SSSR count). The number of hydrogen-bond acceptors (Lipinski definition) is 3. The maximum atomic E-state index is 13.4. The molecule has 20 heavy (non-hydrogen) atoms. The lowest BCUT2D eigenvalue weighted by molar-refractivity contribution is 0.629. The number of anilines is 1. The summed E-state index contributed by atoms with van der Waals surface area (Å²) in [6.45, 7) is 2.04. The van der Waals surface area contributed by atoms with E-state index in [-0.39, 0.29) is 11.9 Å². The van der Waals surface area contributed by atoms with Crippen molar-refractivity contribution in [2.75, 3.05) is 5.32 Å². The van der Waals surface area contributed by atoms with Crippen LogP contribution in [0.3, 0.4) is 0 Å². The third-order valence-electron chi connectivity index (χ3n) is 3.25. The maximum Gasteiger partial charge on any atom is 0.137 e. The molecule has 0 saturated heterocycles. The van der Waals surface area contributed by atoms with E-state index < -0.39 is 0 Å². The van der Waals surface area contributed by atoms with Crippen molar-refractivity contribution >= 4 is 16.7 Å². The molecule has 1 atom stereocenters. The average Bonchev–Trinajstić information content (AvgIpc) is 2.49. The molecule has 1 unspecified atom stereocenters. The number of aromatic nitrogens is 2. The molecular weight excluding hydrogens is 253 g/mol. The largest absolute Gasteiger partial charge is 0.363 e. The van der Waals surface area contributed by atoms with Crippen LogP contribution in [0.15, 0.2) is 54.9 Å². The fraction of sp³-hybridized carbons (Fsp3) is 0.125. The van der Waals surface area contributed by atoms with E-state index in [4.69, 9.17) is 0 Å². The summed E-state index contributed by atoms with van der Waals surface area (Å²) in [5, 5.41) is 4.00. The highest BCUT2D eigenvalue weighted by molar-refractivity contribution is 5.88. The molecule has 1 aromatic heterocycles. The van der Waals surface area contributed by atoms with Gasteiger partial charge >= 0.3 is 0 Å². The second kappa shape index (κ2) is 5.25. The highest BCUT2D eigenvalue weighted by Gasteiger charge is 2.09. The summed E-state index contributed by atoms with van der Waals surface area (Å²) in [7, 11) is 0. The predicted octanol–water partition coefficient (Wildman–Crippen LogP) is 3.94. The van der Waals surface area contributed by atoms with Gasteiger partial charge in [0.2, 0.25) is 0 Å². The van der Waals surface area contributed by atoms with Crippen molar-refractivity contribution in [2.24, 2.45) is 0 Å². The number of nitrogens with zero attached hydrogens (tertiary/aromatic N) is 2. The van der Waals surface area contributed by atoms with E-state index in [1.54, 1.807) is 6.07 Å². The fourth-order valence-electron chi connectivity index (χ4n) is 2.17. The third-order valence-corrected chi connectivity index (χ3v) is 3.25. The van der Waals surface area contributed by atoms with Gasteiger partial charge in [0, 0.05) is 11.4 Å². The van der Waals surface area contributed by atoms with Gasteiger partial charge < -0.3 is 5.32 Å². The van der Waals surface area contributed by atoms with Crippen molar-refractivity contribution in [2.45, 2.75) is 13.0 Å². The summed E-state index contributed by atoms with van der Waals surface area (Å²) < 4.78 is 13.4. The van der Waals surface area contributed by atoms with Gasteiger partial charge in [-0.15, -0.1) is 0 Å². The Morgan fingerprint density at radius 1 is 1.05 bits per heavy atom. The van der Waals surface area contributed by atoms with Gasteiger partial charge in [-0.3, -0.25) is 0 Å². The Morgan fingerprint density at radius 2 is 1.85 bits per heavy atom. The Hall–Kier alpha value is -2.49. The minimum atomic E-state index is -0.289. The number of hydrogen-bond donors (Lipinski definition) is 1. The molecule has 0 bridgehead atoms. The van der Waals surface area contributed by atoms with Crippen LogP contribution in [0.4, 0.5) is 10.2 Å². The fourth-order valence-corrected chi connectivity index (χ4v) is 2.17. The second-order valence-corrected chi connectivity index (χ2v) is 4.66.